The number of nitrogens with one attached hydrogen (secondary N) is 1. The third-order valence-corrected chi connectivity index (χ3v) is 2.71. The fraction of sp³-hybridized carbons (Fsp3) is 0.364. The zero-order valence-corrected chi connectivity index (χ0v) is 11.6. The highest BCUT2D eigenvalue weighted by molar-refractivity contribution is 9.10. The quantitative estimate of drug-likeness (QED) is 0.910. The van der Waals surface area contributed by atoms with Gasteiger partial charge in [0.25, 0.3) is 5.91 Å². The molecule has 0 unspecified atom stereocenters. The average Bonchev–Trinajstić information content (AvgIpc) is 2.96. The lowest BCUT2D eigenvalue weighted by molar-refractivity contribution is 0.0947. The van der Waals surface area contributed by atoms with Gasteiger partial charge in [0.1, 0.15) is 12.4 Å². The lowest BCUT2D eigenvalue weighted by Crippen LogP contribution is -2.24. The molecule has 0 radical (unpaired) electrons. The Labute approximate surface area is 113 Å². The molecule has 0 aliphatic heterocycles. The fourth-order valence-corrected chi connectivity index (χ4v) is 1.78. The summed E-state index contributed by atoms with van der Waals surface area (Å²) in [6.07, 6.45) is 6.22. The van der Waals surface area contributed by atoms with Crippen molar-refractivity contribution in [2.24, 2.45) is 0 Å². The molecule has 6 nitrogen and oxygen atoms in total. The Morgan fingerprint density at radius 2 is 2.33 bits per heavy atom. The molecular weight excluding hydrogens is 298 g/mol. The molecule has 0 saturated carbocycles. The van der Waals surface area contributed by atoms with Crippen LogP contribution in [0.2, 0.25) is 0 Å². The highest BCUT2D eigenvalue weighted by atomic mass is 79.9. The first kappa shape index (κ1) is 12.8. The SMILES string of the molecule is CCCNC(=O)c1ccn(Cn2cc(Br)cn2)n1. The minimum Gasteiger partial charge on any atom is -0.351 e. The first-order chi connectivity index (χ1) is 8.69. The molecule has 0 aliphatic rings. The van der Waals surface area contributed by atoms with Crippen LogP contribution in [0.15, 0.2) is 29.1 Å². The molecule has 2 rings (SSSR count). The van der Waals surface area contributed by atoms with Gasteiger partial charge in [0.15, 0.2) is 0 Å². The number of hydrogen-bond acceptors (Lipinski definition) is 3. The van der Waals surface area contributed by atoms with Gasteiger partial charge in [-0.25, -0.2) is 4.68 Å². The van der Waals surface area contributed by atoms with Gasteiger partial charge in [-0.15, -0.1) is 0 Å². The molecule has 0 aliphatic carbocycles. The monoisotopic (exact) mass is 311 g/mol. The highest BCUT2D eigenvalue weighted by Gasteiger charge is 2.08. The smallest absolute Gasteiger partial charge is 0.271 e. The van der Waals surface area contributed by atoms with Crippen LogP contribution in [0, 0.1) is 0 Å². The van der Waals surface area contributed by atoms with Gasteiger partial charge in [0, 0.05) is 18.9 Å². The van der Waals surface area contributed by atoms with Gasteiger partial charge in [-0.1, -0.05) is 6.92 Å². The molecule has 0 saturated heterocycles. The van der Waals surface area contributed by atoms with Crippen LogP contribution in [0.1, 0.15) is 23.8 Å². The standard InChI is InChI=1S/C11H14BrN5O/c1-2-4-13-11(18)10-3-5-16(15-10)8-17-7-9(12)6-14-17/h3,5-7H,2,4,8H2,1H3,(H,13,18). The van der Waals surface area contributed by atoms with Crippen molar-refractivity contribution >= 4 is 21.8 Å². The molecule has 0 fully saturated rings. The Bertz CT molecular complexity index is 533. The number of hydrogen-bond donors (Lipinski definition) is 1. The van der Waals surface area contributed by atoms with Crippen LogP contribution < -0.4 is 5.32 Å². The lowest BCUT2D eigenvalue weighted by atomic mass is 10.4. The van der Waals surface area contributed by atoms with Crippen LogP contribution in [0.4, 0.5) is 0 Å². The van der Waals surface area contributed by atoms with E-state index in [0.29, 0.717) is 18.9 Å². The van der Waals surface area contributed by atoms with E-state index < -0.39 is 0 Å². The minimum atomic E-state index is -0.141. The predicted octanol–water partition coefficient (Wildman–Crippen LogP) is 1.49. The van der Waals surface area contributed by atoms with Crippen molar-refractivity contribution in [3.8, 4) is 0 Å². The molecule has 0 spiro atoms. The summed E-state index contributed by atoms with van der Waals surface area (Å²) in [6, 6.07) is 1.70. The number of aromatic nitrogens is 4. The molecular formula is C11H14BrN5O. The normalized spacial score (nSPS) is 10.6. The number of nitrogens with zero attached hydrogens (tertiary/aromatic N) is 4. The lowest BCUT2D eigenvalue weighted by Gasteiger charge is -2.01. The zero-order chi connectivity index (χ0) is 13.0. The van der Waals surface area contributed by atoms with Gasteiger partial charge < -0.3 is 5.32 Å². The van der Waals surface area contributed by atoms with E-state index in [1.165, 1.54) is 0 Å². The summed E-state index contributed by atoms with van der Waals surface area (Å²) in [5, 5.41) is 11.1. The maximum atomic E-state index is 11.7. The topological polar surface area (TPSA) is 64.7 Å². The van der Waals surface area contributed by atoms with Crippen LogP contribution in [-0.2, 0) is 6.67 Å². The summed E-state index contributed by atoms with van der Waals surface area (Å²) in [5.41, 5.74) is 0.426. The Morgan fingerprint density at radius 3 is 3.00 bits per heavy atom. The van der Waals surface area contributed by atoms with E-state index in [1.54, 1.807) is 27.8 Å². The first-order valence-electron chi connectivity index (χ1n) is 5.68. The van der Waals surface area contributed by atoms with Gasteiger partial charge in [0.2, 0.25) is 0 Å². The maximum Gasteiger partial charge on any atom is 0.271 e. The second-order valence-electron chi connectivity index (χ2n) is 3.84. The molecule has 18 heavy (non-hydrogen) atoms. The van der Waals surface area contributed by atoms with Crippen molar-refractivity contribution in [2.75, 3.05) is 6.54 Å². The van der Waals surface area contributed by atoms with Crippen LogP contribution >= 0.6 is 15.9 Å². The molecule has 0 atom stereocenters. The third kappa shape index (κ3) is 3.19. The van der Waals surface area contributed by atoms with E-state index in [-0.39, 0.29) is 5.91 Å². The molecule has 1 amide bonds. The number of rotatable bonds is 5. The Balaban J connectivity index is 1.99. The predicted molar refractivity (Wildman–Crippen MR) is 70.2 cm³/mol. The van der Waals surface area contributed by atoms with Crippen LogP contribution in [0.3, 0.4) is 0 Å². The molecule has 2 heterocycles. The summed E-state index contributed by atoms with van der Waals surface area (Å²) < 4.78 is 4.31. The summed E-state index contributed by atoms with van der Waals surface area (Å²) in [7, 11) is 0. The fourth-order valence-electron chi connectivity index (χ4n) is 1.45. The van der Waals surface area contributed by atoms with Gasteiger partial charge in [0.05, 0.1) is 10.7 Å². The van der Waals surface area contributed by atoms with Gasteiger partial charge in [-0.05, 0) is 28.4 Å². The molecule has 2 aromatic heterocycles. The number of carbonyl (C=O) groups is 1. The van der Waals surface area contributed by atoms with Gasteiger partial charge in [-0.2, -0.15) is 10.2 Å². The van der Waals surface area contributed by atoms with Crippen molar-refractivity contribution in [2.45, 2.75) is 20.0 Å². The second-order valence-corrected chi connectivity index (χ2v) is 4.75. The largest absolute Gasteiger partial charge is 0.351 e. The van der Waals surface area contributed by atoms with E-state index in [1.807, 2.05) is 13.1 Å². The van der Waals surface area contributed by atoms with E-state index >= 15 is 0 Å². The van der Waals surface area contributed by atoms with E-state index in [0.717, 1.165) is 10.9 Å². The third-order valence-electron chi connectivity index (χ3n) is 2.30. The Hall–Kier alpha value is -1.63. The second kappa shape index (κ2) is 5.81. The van der Waals surface area contributed by atoms with Crippen LogP contribution in [0.5, 0.6) is 0 Å². The van der Waals surface area contributed by atoms with Crippen molar-refractivity contribution in [3.63, 3.8) is 0 Å². The minimum absolute atomic E-state index is 0.141. The molecule has 96 valence electrons. The number of halogens is 1. The van der Waals surface area contributed by atoms with Crippen molar-refractivity contribution in [1.29, 1.82) is 0 Å². The van der Waals surface area contributed by atoms with E-state index in [4.69, 9.17) is 0 Å². The van der Waals surface area contributed by atoms with Crippen LogP contribution in [0.25, 0.3) is 0 Å². The average molecular weight is 312 g/mol. The molecule has 0 aromatic carbocycles. The van der Waals surface area contributed by atoms with Crippen LogP contribution in [-0.4, -0.2) is 32.0 Å². The molecule has 2 aromatic rings. The maximum absolute atomic E-state index is 11.7. The van der Waals surface area contributed by atoms with E-state index in [2.05, 4.69) is 31.4 Å². The molecule has 7 heteroatoms. The number of amides is 1. The molecule has 0 bridgehead atoms. The highest BCUT2D eigenvalue weighted by Crippen LogP contribution is 2.06. The van der Waals surface area contributed by atoms with E-state index in [9.17, 15) is 4.79 Å². The van der Waals surface area contributed by atoms with Crippen molar-refractivity contribution in [1.82, 2.24) is 24.9 Å². The van der Waals surface area contributed by atoms with Gasteiger partial charge in [-0.3, -0.25) is 9.48 Å². The van der Waals surface area contributed by atoms with Crippen molar-refractivity contribution < 1.29 is 4.79 Å². The first-order valence-corrected chi connectivity index (χ1v) is 6.48. The Morgan fingerprint density at radius 1 is 1.50 bits per heavy atom. The summed E-state index contributed by atoms with van der Waals surface area (Å²) in [6.45, 7) is 3.15. The van der Waals surface area contributed by atoms with Gasteiger partial charge >= 0.3 is 0 Å². The zero-order valence-electron chi connectivity index (χ0n) is 10.0. The summed E-state index contributed by atoms with van der Waals surface area (Å²) >= 11 is 3.33. The summed E-state index contributed by atoms with van der Waals surface area (Å²) in [5.74, 6) is -0.141. The number of carbonyl (C=O) groups excluding carboxylic acids is 1. The van der Waals surface area contributed by atoms with Crippen molar-refractivity contribution in [3.05, 3.63) is 34.8 Å². The Kier molecular flexibility index (Phi) is 4.14. The summed E-state index contributed by atoms with van der Waals surface area (Å²) in [4.78, 5) is 11.7. The molecule has 1 N–H and O–H groups in total.